The lowest BCUT2D eigenvalue weighted by atomic mass is 9.94. The van der Waals surface area contributed by atoms with Crippen molar-refractivity contribution in [2.24, 2.45) is 0 Å². The number of aliphatic hydroxyl groups excluding tert-OH is 1. The molecule has 3 heterocycles. The second-order valence-corrected chi connectivity index (χ2v) is 27.3. The van der Waals surface area contributed by atoms with Gasteiger partial charge in [-0.1, -0.05) is 114 Å². The van der Waals surface area contributed by atoms with Gasteiger partial charge < -0.3 is 23.1 Å². The first kappa shape index (κ1) is 36.0. The molecular formula is C36H60O5SSi2. The highest BCUT2D eigenvalue weighted by atomic mass is 32.1. The van der Waals surface area contributed by atoms with Gasteiger partial charge in [0.2, 0.25) is 8.32 Å². The molecule has 1 N–H and O–H groups in total. The molecule has 2 saturated heterocycles. The summed E-state index contributed by atoms with van der Waals surface area (Å²) in [5.74, 6) is 0. The number of ether oxygens (including phenoxy) is 1. The summed E-state index contributed by atoms with van der Waals surface area (Å²) in [6.45, 7) is 29.9. The first-order valence-corrected chi connectivity index (χ1v) is 21.7. The van der Waals surface area contributed by atoms with Crippen molar-refractivity contribution in [2.45, 2.75) is 160 Å². The molecule has 1 aromatic heterocycles. The Bertz CT molecular complexity index is 1190. The van der Waals surface area contributed by atoms with Crippen LogP contribution in [0.25, 0.3) is 0 Å². The van der Waals surface area contributed by atoms with E-state index in [1.54, 1.807) is 11.3 Å². The Morgan fingerprint density at radius 3 is 1.95 bits per heavy atom. The van der Waals surface area contributed by atoms with E-state index in [0.717, 1.165) is 17.7 Å². The second kappa shape index (κ2) is 13.3. The summed E-state index contributed by atoms with van der Waals surface area (Å²) in [7, 11) is -5.20. The van der Waals surface area contributed by atoms with E-state index in [2.05, 4.69) is 126 Å². The molecule has 0 radical (unpaired) electrons. The van der Waals surface area contributed by atoms with Gasteiger partial charge in [-0.3, -0.25) is 0 Å². The van der Waals surface area contributed by atoms with Crippen LogP contribution in [0.3, 0.4) is 0 Å². The van der Waals surface area contributed by atoms with Crippen molar-refractivity contribution in [2.75, 3.05) is 6.61 Å². The zero-order chi connectivity index (χ0) is 32.8. The maximum Gasteiger partial charge on any atom is 0.349 e. The van der Waals surface area contributed by atoms with E-state index in [0.29, 0.717) is 23.2 Å². The van der Waals surface area contributed by atoms with E-state index in [4.69, 9.17) is 18.0 Å². The fraction of sp³-hybridized carbons (Fsp3) is 0.722. The summed E-state index contributed by atoms with van der Waals surface area (Å²) >= 11 is 1.67. The average molecular weight is 661 g/mol. The minimum absolute atomic E-state index is 0.177. The average Bonchev–Trinajstić information content (AvgIpc) is 3.38. The fourth-order valence-corrected chi connectivity index (χ4v) is 19.8. The smallest absolute Gasteiger partial charge is 0.349 e. The lowest BCUT2D eigenvalue weighted by Crippen LogP contribution is -2.71. The van der Waals surface area contributed by atoms with Crippen molar-refractivity contribution in [3.05, 3.63) is 57.3 Å². The molecule has 0 aliphatic carbocycles. The normalized spacial score (nSPS) is 26.4. The number of hydrogen-bond donors (Lipinski definition) is 1. The maximum atomic E-state index is 12.3. The van der Waals surface area contributed by atoms with E-state index in [1.165, 1.54) is 16.7 Å². The molecule has 4 rings (SSSR count). The number of hydrogen-bond acceptors (Lipinski definition) is 6. The zero-order valence-corrected chi connectivity index (χ0v) is 32.5. The summed E-state index contributed by atoms with van der Waals surface area (Å²) < 4.78 is 28.5. The van der Waals surface area contributed by atoms with Crippen molar-refractivity contribution < 1.29 is 23.1 Å². The van der Waals surface area contributed by atoms with E-state index in [9.17, 15) is 5.11 Å². The summed E-state index contributed by atoms with van der Waals surface area (Å²) in [5.41, 5.74) is 5.03. The van der Waals surface area contributed by atoms with E-state index >= 15 is 0 Å². The molecule has 2 aromatic rings. The van der Waals surface area contributed by atoms with E-state index < -0.39 is 35.2 Å². The molecule has 0 spiro atoms. The monoisotopic (exact) mass is 660 g/mol. The van der Waals surface area contributed by atoms with E-state index in [-0.39, 0.29) is 22.3 Å². The van der Waals surface area contributed by atoms with Crippen LogP contribution in [0.15, 0.2) is 35.7 Å². The van der Waals surface area contributed by atoms with Crippen LogP contribution in [-0.4, -0.2) is 53.0 Å². The molecular weight excluding hydrogens is 601 g/mol. The minimum Gasteiger partial charge on any atom is -0.408 e. The van der Waals surface area contributed by atoms with Crippen LogP contribution < -0.4 is 0 Å². The van der Waals surface area contributed by atoms with Gasteiger partial charge in [0.15, 0.2) is 0 Å². The molecule has 5 atom stereocenters. The molecule has 0 unspecified atom stereocenters. The fourth-order valence-electron chi connectivity index (χ4n) is 8.32. The highest BCUT2D eigenvalue weighted by molar-refractivity contribution is 7.10. The van der Waals surface area contributed by atoms with Crippen molar-refractivity contribution in [3.63, 3.8) is 0 Å². The Hall–Kier alpha value is -0.846. The van der Waals surface area contributed by atoms with Crippen LogP contribution in [0.5, 0.6) is 0 Å². The van der Waals surface area contributed by atoms with Gasteiger partial charge in [-0.15, -0.1) is 11.3 Å². The maximum absolute atomic E-state index is 12.3. The van der Waals surface area contributed by atoms with Crippen LogP contribution >= 0.6 is 11.3 Å². The molecule has 2 fully saturated rings. The molecule has 8 heteroatoms. The number of rotatable bonds is 9. The first-order valence-electron chi connectivity index (χ1n) is 16.9. The Balaban J connectivity index is 1.73. The molecule has 0 amide bonds. The summed E-state index contributed by atoms with van der Waals surface area (Å²) in [6, 6.07) is 11.1. The quantitative estimate of drug-likeness (QED) is 0.272. The SMILES string of the molecule is CCc1ccc(Cc2csc([C@@H]3O[C@@H]4CO[Si](C(C)(C)C)(C(C)(C)C)O[C@H]4[C@H](O[Si](C(C)C)(C(C)C)C(C)C)[C@H]3O)c2)cc1. The minimum atomic E-state index is -2.82. The zero-order valence-electron chi connectivity index (χ0n) is 29.7. The van der Waals surface area contributed by atoms with Crippen molar-refractivity contribution >= 4 is 28.2 Å². The van der Waals surface area contributed by atoms with Crippen LogP contribution in [0, 0.1) is 0 Å². The van der Waals surface area contributed by atoms with Gasteiger partial charge in [-0.25, -0.2) is 0 Å². The van der Waals surface area contributed by atoms with Gasteiger partial charge in [-0.05, 0) is 57.6 Å². The Labute approximate surface area is 274 Å². The van der Waals surface area contributed by atoms with Gasteiger partial charge in [0.1, 0.15) is 30.5 Å². The molecule has 0 saturated carbocycles. The largest absolute Gasteiger partial charge is 0.408 e. The van der Waals surface area contributed by atoms with E-state index in [1.807, 2.05) is 0 Å². The number of aryl methyl sites for hydroxylation is 1. The predicted octanol–water partition coefficient (Wildman–Crippen LogP) is 9.72. The molecule has 44 heavy (non-hydrogen) atoms. The summed E-state index contributed by atoms with van der Waals surface area (Å²) in [6.07, 6.45) is -0.640. The third-order valence-corrected chi connectivity index (χ3v) is 22.5. The number of benzene rings is 1. The molecule has 1 aromatic carbocycles. The van der Waals surface area contributed by atoms with Gasteiger partial charge in [0.25, 0.3) is 0 Å². The number of thiophene rings is 1. The molecule has 2 aliphatic rings. The van der Waals surface area contributed by atoms with Crippen LogP contribution in [0.4, 0.5) is 0 Å². The van der Waals surface area contributed by atoms with Crippen molar-refractivity contribution in [1.82, 2.24) is 0 Å². The third-order valence-electron chi connectivity index (χ3n) is 10.2. The summed E-state index contributed by atoms with van der Waals surface area (Å²) in [4.78, 5) is 1.04. The highest BCUT2D eigenvalue weighted by Crippen LogP contribution is 2.56. The lowest BCUT2D eigenvalue weighted by molar-refractivity contribution is -0.242. The Morgan fingerprint density at radius 1 is 0.909 bits per heavy atom. The number of aliphatic hydroxyl groups is 1. The number of fused-ring (bicyclic) bond motifs is 1. The molecule has 5 nitrogen and oxygen atoms in total. The predicted molar refractivity (Wildman–Crippen MR) is 188 cm³/mol. The highest BCUT2D eigenvalue weighted by Gasteiger charge is 2.65. The van der Waals surface area contributed by atoms with Gasteiger partial charge in [-0.2, -0.15) is 0 Å². The van der Waals surface area contributed by atoms with Crippen LogP contribution in [0.1, 0.15) is 118 Å². The van der Waals surface area contributed by atoms with Crippen LogP contribution in [0.2, 0.25) is 26.7 Å². The van der Waals surface area contributed by atoms with Crippen molar-refractivity contribution in [1.29, 1.82) is 0 Å². The second-order valence-electron chi connectivity index (χ2n) is 16.2. The summed E-state index contributed by atoms with van der Waals surface area (Å²) in [5, 5.41) is 14.2. The third kappa shape index (κ3) is 6.61. The first-order chi connectivity index (χ1) is 20.4. The molecule has 2 aliphatic heterocycles. The lowest BCUT2D eigenvalue weighted by Gasteiger charge is -2.59. The van der Waals surface area contributed by atoms with Gasteiger partial charge in [0, 0.05) is 15.0 Å². The van der Waals surface area contributed by atoms with Gasteiger partial charge >= 0.3 is 8.56 Å². The molecule has 248 valence electrons. The van der Waals surface area contributed by atoms with Crippen LogP contribution in [-0.2, 0) is 30.9 Å². The Kier molecular flexibility index (Phi) is 10.9. The topological polar surface area (TPSA) is 57.2 Å². The van der Waals surface area contributed by atoms with Gasteiger partial charge in [0.05, 0.1) is 6.61 Å². The standard InChI is InChI=1S/C36H60O5SSi2/c1-14-26-15-17-27(18-16-26)19-28-20-30(42-22-28)33-31(37)34(40-43(23(2)3,24(4)5)25(6)7)32-29(39-33)21-38-44(41-32,35(8,9)10)36(11,12)13/h15-18,20,22-25,29,31-34,37H,14,19,21H2,1-13H3/t29-,31+,32-,33+,34-/m1/s1. The Morgan fingerprint density at radius 2 is 1.45 bits per heavy atom. The van der Waals surface area contributed by atoms with Crippen molar-refractivity contribution in [3.8, 4) is 0 Å². The molecule has 0 bridgehead atoms.